The maximum absolute atomic E-state index is 13.8. The molecule has 0 saturated heterocycles. The number of para-hydroxylation sites is 1. The van der Waals surface area contributed by atoms with Crippen molar-refractivity contribution in [2.24, 2.45) is 0 Å². The first-order valence-corrected chi connectivity index (χ1v) is 6.80. The van der Waals surface area contributed by atoms with Crippen LogP contribution in [0, 0.1) is 5.82 Å². The van der Waals surface area contributed by atoms with Crippen LogP contribution in [0.3, 0.4) is 0 Å². The van der Waals surface area contributed by atoms with Crippen molar-refractivity contribution in [1.82, 2.24) is 5.32 Å². The van der Waals surface area contributed by atoms with E-state index in [0.29, 0.717) is 12.1 Å². The van der Waals surface area contributed by atoms with Crippen LogP contribution in [0.1, 0.15) is 39.2 Å². The molecular weight excluding hydrogens is 286 g/mol. The molecule has 1 rings (SSSR count). The molecule has 0 aliphatic heterocycles. The molecule has 0 atom stereocenters. The van der Waals surface area contributed by atoms with E-state index in [-0.39, 0.29) is 24.3 Å². The van der Waals surface area contributed by atoms with Gasteiger partial charge in [-0.05, 0) is 33.3 Å². The van der Waals surface area contributed by atoms with Gasteiger partial charge in [-0.1, -0.05) is 12.1 Å². The number of rotatable bonds is 6. The lowest BCUT2D eigenvalue weighted by Crippen LogP contribution is -2.35. The zero-order chi connectivity index (χ0) is 16.1. The average molecular weight is 307 g/mol. The Hall–Kier alpha value is -1.30. The summed E-state index contributed by atoms with van der Waals surface area (Å²) in [6.45, 7) is 6.13. The van der Waals surface area contributed by atoms with Crippen LogP contribution in [0.4, 0.5) is 17.6 Å². The number of alkyl halides is 3. The lowest BCUT2D eigenvalue weighted by Gasteiger charge is -2.22. The predicted octanol–water partition coefficient (Wildman–Crippen LogP) is 4.44. The quantitative estimate of drug-likeness (QED) is 0.620. The van der Waals surface area contributed by atoms with E-state index in [1.807, 2.05) is 20.8 Å². The lowest BCUT2D eigenvalue weighted by molar-refractivity contribution is -0.136. The number of halogens is 4. The summed E-state index contributed by atoms with van der Waals surface area (Å²) < 4.78 is 55.1. The zero-order valence-corrected chi connectivity index (χ0v) is 12.5. The molecule has 2 nitrogen and oxygen atoms in total. The second kappa shape index (κ2) is 7.11. The van der Waals surface area contributed by atoms with E-state index in [0.717, 1.165) is 0 Å². The summed E-state index contributed by atoms with van der Waals surface area (Å²) in [5.74, 6) is -0.536. The lowest BCUT2D eigenvalue weighted by atomic mass is 10.1. The molecule has 1 aromatic rings. The summed E-state index contributed by atoms with van der Waals surface area (Å²) >= 11 is 0. The maximum Gasteiger partial charge on any atom is 0.389 e. The first kappa shape index (κ1) is 17.8. The highest BCUT2D eigenvalue weighted by Gasteiger charge is 2.26. The monoisotopic (exact) mass is 307 g/mol. The molecule has 120 valence electrons. The molecule has 0 fully saturated rings. The largest absolute Gasteiger partial charge is 0.490 e. The van der Waals surface area contributed by atoms with Gasteiger partial charge in [0.25, 0.3) is 0 Å². The number of benzene rings is 1. The van der Waals surface area contributed by atoms with Gasteiger partial charge in [-0.3, -0.25) is 0 Å². The van der Waals surface area contributed by atoms with Crippen molar-refractivity contribution in [2.45, 2.75) is 51.9 Å². The van der Waals surface area contributed by atoms with Gasteiger partial charge < -0.3 is 10.1 Å². The highest BCUT2D eigenvalue weighted by molar-refractivity contribution is 5.35. The van der Waals surface area contributed by atoms with Gasteiger partial charge in [0.2, 0.25) is 0 Å². The van der Waals surface area contributed by atoms with E-state index in [1.54, 1.807) is 12.1 Å². The average Bonchev–Trinajstić information content (AvgIpc) is 2.31. The fourth-order valence-electron chi connectivity index (χ4n) is 1.66. The summed E-state index contributed by atoms with van der Waals surface area (Å²) in [6.07, 6.45) is -5.34. The minimum absolute atomic E-state index is 0.0245. The SMILES string of the molecule is CC(C)(C)NCc1cccc(F)c1OCCCC(F)(F)F. The summed E-state index contributed by atoms with van der Waals surface area (Å²) in [4.78, 5) is 0. The second-order valence-electron chi connectivity index (χ2n) is 5.90. The number of ether oxygens (including phenoxy) is 1. The third-order valence-corrected chi connectivity index (χ3v) is 2.71. The van der Waals surface area contributed by atoms with Crippen molar-refractivity contribution in [3.05, 3.63) is 29.6 Å². The van der Waals surface area contributed by atoms with Crippen LogP contribution in [0.5, 0.6) is 5.75 Å². The number of hydrogen-bond donors (Lipinski definition) is 1. The Labute approximate surface area is 122 Å². The summed E-state index contributed by atoms with van der Waals surface area (Å²) in [6, 6.07) is 4.48. The van der Waals surface area contributed by atoms with Crippen molar-refractivity contribution in [1.29, 1.82) is 0 Å². The highest BCUT2D eigenvalue weighted by Crippen LogP contribution is 2.25. The van der Waals surface area contributed by atoms with Crippen LogP contribution in [-0.2, 0) is 6.54 Å². The van der Waals surface area contributed by atoms with Crippen molar-refractivity contribution >= 4 is 0 Å². The molecule has 0 aromatic heterocycles. The second-order valence-corrected chi connectivity index (χ2v) is 5.90. The fraction of sp³-hybridized carbons (Fsp3) is 0.600. The third kappa shape index (κ3) is 7.32. The van der Waals surface area contributed by atoms with E-state index >= 15 is 0 Å². The Balaban J connectivity index is 2.63. The van der Waals surface area contributed by atoms with Gasteiger partial charge in [-0.2, -0.15) is 13.2 Å². The van der Waals surface area contributed by atoms with Gasteiger partial charge in [0.05, 0.1) is 6.61 Å². The normalized spacial score (nSPS) is 12.5. The molecule has 0 spiro atoms. The van der Waals surface area contributed by atoms with Gasteiger partial charge in [-0.25, -0.2) is 4.39 Å². The Morgan fingerprint density at radius 1 is 1.14 bits per heavy atom. The van der Waals surface area contributed by atoms with Crippen molar-refractivity contribution in [3.8, 4) is 5.75 Å². The Kier molecular flexibility index (Phi) is 6.01. The van der Waals surface area contributed by atoms with Crippen LogP contribution < -0.4 is 10.1 Å². The van der Waals surface area contributed by atoms with Gasteiger partial charge in [0, 0.05) is 24.1 Å². The molecule has 21 heavy (non-hydrogen) atoms. The zero-order valence-electron chi connectivity index (χ0n) is 12.5. The highest BCUT2D eigenvalue weighted by atomic mass is 19.4. The van der Waals surface area contributed by atoms with Gasteiger partial charge in [-0.15, -0.1) is 0 Å². The van der Waals surface area contributed by atoms with Crippen LogP contribution in [0.25, 0.3) is 0 Å². The molecule has 0 radical (unpaired) electrons. The minimum Gasteiger partial charge on any atom is -0.490 e. The molecular formula is C15H21F4NO. The molecule has 0 bridgehead atoms. The van der Waals surface area contributed by atoms with Crippen LogP contribution >= 0.6 is 0 Å². The first-order valence-electron chi connectivity index (χ1n) is 6.80. The molecule has 0 saturated carbocycles. The van der Waals surface area contributed by atoms with E-state index in [2.05, 4.69) is 5.32 Å². The molecule has 0 aliphatic rings. The molecule has 0 amide bonds. The van der Waals surface area contributed by atoms with Crippen LogP contribution in [-0.4, -0.2) is 18.3 Å². The van der Waals surface area contributed by atoms with E-state index in [9.17, 15) is 17.6 Å². The smallest absolute Gasteiger partial charge is 0.389 e. The Bertz CT molecular complexity index is 452. The van der Waals surface area contributed by atoms with Crippen molar-refractivity contribution < 1.29 is 22.3 Å². The van der Waals surface area contributed by atoms with E-state index in [4.69, 9.17) is 4.74 Å². The van der Waals surface area contributed by atoms with Crippen molar-refractivity contribution in [3.63, 3.8) is 0 Å². The summed E-state index contributed by atoms with van der Waals surface area (Å²) in [5, 5.41) is 3.19. The van der Waals surface area contributed by atoms with Gasteiger partial charge in [0.15, 0.2) is 11.6 Å². The van der Waals surface area contributed by atoms with Crippen LogP contribution in [0.2, 0.25) is 0 Å². The third-order valence-electron chi connectivity index (χ3n) is 2.71. The Morgan fingerprint density at radius 3 is 2.38 bits per heavy atom. The predicted molar refractivity (Wildman–Crippen MR) is 73.8 cm³/mol. The number of hydrogen-bond acceptors (Lipinski definition) is 2. The standard InChI is InChI=1S/C15H21F4NO/c1-14(2,3)20-10-11-6-4-7-12(16)13(11)21-9-5-8-15(17,18)19/h4,6-7,20H,5,8-10H2,1-3H3. The fourth-order valence-corrected chi connectivity index (χ4v) is 1.66. The molecule has 0 aliphatic carbocycles. The minimum atomic E-state index is -4.21. The van der Waals surface area contributed by atoms with Gasteiger partial charge >= 0.3 is 6.18 Å². The molecule has 6 heteroatoms. The number of nitrogens with one attached hydrogen (secondary N) is 1. The molecule has 1 N–H and O–H groups in total. The summed E-state index contributed by atoms with van der Waals surface area (Å²) in [7, 11) is 0. The topological polar surface area (TPSA) is 21.3 Å². The summed E-state index contributed by atoms with van der Waals surface area (Å²) in [5.41, 5.74) is 0.441. The van der Waals surface area contributed by atoms with Crippen molar-refractivity contribution in [2.75, 3.05) is 6.61 Å². The molecule has 0 unspecified atom stereocenters. The first-order chi connectivity index (χ1) is 9.58. The van der Waals surface area contributed by atoms with E-state index < -0.39 is 18.4 Å². The molecule has 1 aromatic carbocycles. The molecule has 0 heterocycles. The van der Waals surface area contributed by atoms with Gasteiger partial charge in [0.1, 0.15) is 0 Å². The van der Waals surface area contributed by atoms with Crippen LogP contribution in [0.15, 0.2) is 18.2 Å². The Morgan fingerprint density at radius 2 is 1.81 bits per heavy atom. The maximum atomic E-state index is 13.8. The van der Waals surface area contributed by atoms with E-state index in [1.165, 1.54) is 6.07 Å².